The van der Waals surface area contributed by atoms with Gasteiger partial charge in [0.1, 0.15) is 12.1 Å². The van der Waals surface area contributed by atoms with Gasteiger partial charge in [-0.1, -0.05) is 6.42 Å². The van der Waals surface area contributed by atoms with Gasteiger partial charge in [-0.3, -0.25) is 9.69 Å². The first-order chi connectivity index (χ1) is 14.0. The second-order valence-electron chi connectivity index (χ2n) is 7.75. The molecule has 1 unspecified atom stereocenters. The molecule has 3 aromatic heterocycles. The van der Waals surface area contributed by atoms with Crippen molar-refractivity contribution in [1.82, 2.24) is 34.3 Å². The van der Waals surface area contributed by atoms with E-state index in [2.05, 4.69) is 37.3 Å². The number of rotatable bonds is 6. The number of anilines is 1. The van der Waals surface area contributed by atoms with Crippen molar-refractivity contribution in [3.05, 3.63) is 45.8 Å². The van der Waals surface area contributed by atoms with Crippen LogP contribution in [0.3, 0.4) is 0 Å². The smallest absolute Gasteiger partial charge is 0.266 e. The van der Waals surface area contributed by atoms with E-state index in [1.54, 1.807) is 21.3 Å². The standard InChI is InChI=1S/C20H28N8O/c1-14-7-8-18(29)27(25-14)11-10-26-9-5-4-6-17(26)12-21-19-15(2)16(3)24-20-22-13-23-28(19)20/h7-8,13,17,21H,4-6,9-12H2,1-3H3. The van der Waals surface area contributed by atoms with Gasteiger partial charge < -0.3 is 5.32 Å². The molecule has 0 amide bonds. The maximum atomic E-state index is 12.1. The number of piperidine rings is 1. The summed E-state index contributed by atoms with van der Waals surface area (Å²) in [6.45, 7) is 9.24. The Bertz CT molecular complexity index is 1060. The van der Waals surface area contributed by atoms with Gasteiger partial charge in [0.05, 0.1) is 12.2 Å². The van der Waals surface area contributed by atoms with Crippen LogP contribution in [-0.2, 0) is 6.54 Å². The van der Waals surface area contributed by atoms with E-state index in [1.807, 2.05) is 13.8 Å². The van der Waals surface area contributed by atoms with Crippen molar-refractivity contribution in [3.8, 4) is 0 Å². The molecule has 9 heteroatoms. The normalized spacial score (nSPS) is 17.7. The molecule has 1 atom stereocenters. The van der Waals surface area contributed by atoms with E-state index in [1.165, 1.54) is 19.2 Å². The lowest BCUT2D eigenvalue weighted by atomic mass is 10.0. The highest BCUT2D eigenvalue weighted by Crippen LogP contribution is 2.21. The highest BCUT2D eigenvalue weighted by atomic mass is 16.1. The van der Waals surface area contributed by atoms with Crippen molar-refractivity contribution in [2.45, 2.75) is 52.6 Å². The Morgan fingerprint density at radius 2 is 2.03 bits per heavy atom. The predicted octanol–water partition coefficient (Wildman–Crippen LogP) is 1.57. The molecule has 0 saturated carbocycles. The lowest BCUT2D eigenvalue weighted by Gasteiger charge is -2.36. The van der Waals surface area contributed by atoms with E-state index in [0.29, 0.717) is 18.4 Å². The van der Waals surface area contributed by atoms with Crippen molar-refractivity contribution >= 4 is 11.6 Å². The predicted molar refractivity (Wildman–Crippen MR) is 111 cm³/mol. The molecule has 1 saturated heterocycles. The Morgan fingerprint density at radius 1 is 1.17 bits per heavy atom. The van der Waals surface area contributed by atoms with Crippen molar-refractivity contribution in [1.29, 1.82) is 0 Å². The molecule has 0 spiro atoms. The summed E-state index contributed by atoms with van der Waals surface area (Å²) in [5.41, 5.74) is 2.86. The number of fused-ring (bicyclic) bond motifs is 1. The molecule has 0 bridgehead atoms. The van der Waals surface area contributed by atoms with Crippen LogP contribution in [0.5, 0.6) is 0 Å². The molecular weight excluding hydrogens is 368 g/mol. The second-order valence-corrected chi connectivity index (χ2v) is 7.75. The summed E-state index contributed by atoms with van der Waals surface area (Å²) in [6, 6.07) is 3.75. The minimum Gasteiger partial charge on any atom is -0.368 e. The van der Waals surface area contributed by atoms with Crippen molar-refractivity contribution in [3.63, 3.8) is 0 Å². The maximum Gasteiger partial charge on any atom is 0.266 e. The average molecular weight is 396 g/mol. The molecule has 4 rings (SSSR count). The molecule has 1 N–H and O–H groups in total. The van der Waals surface area contributed by atoms with Gasteiger partial charge in [0.25, 0.3) is 11.3 Å². The van der Waals surface area contributed by atoms with Crippen LogP contribution in [-0.4, -0.2) is 59.9 Å². The summed E-state index contributed by atoms with van der Waals surface area (Å²) in [5.74, 6) is 1.56. The number of nitrogens with zero attached hydrogens (tertiary/aromatic N) is 7. The van der Waals surface area contributed by atoms with E-state index in [4.69, 9.17) is 0 Å². The number of nitrogens with one attached hydrogen (secondary N) is 1. The lowest BCUT2D eigenvalue weighted by Crippen LogP contribution is -2.46. The van der Waals surface area contributed by atoms with Crippen molar-refractivity contribution < 1.29 is 0 Å². The highest BCUT2D eigenvalue weighted by Gasteiger charge is 2.23. The third-order valence-electron chi connectivity index (χ3n) is 5.76. The van der Waals surface area contributed by atoms with Gasteiger partial charge in [-0.05, 0) is 46.2 Å². The van der Waals surface area contributed by atoms with Gasteiger partial charge >= 0.3 is 0 Å². The molecule has 0 aromatic carbocycles. The van der Waals surface area contributed by atoms with Crippen LogP contribution >= 0.6 is 0 Å². The zero-order valence-corrected chi connectivity index (χ0v) is 17.3. The maximum absolute atomic E-state index is 12.1. The molecule has 4 heterocycles. The Kier molecular flexibility index (Phi) is 5.57. The molecule has 154 valence electrons. The van der Waals surface area contributed by atoms with Crippen LogP contribution in [0.25, 0.3) is 5.78 Å². The molecule has 29 heavy (non-hydrogen) atoms. The van der Waals surface area contributed by atoms with Crippen LogP contribution in [0.15, 0.2) is 23.3 Å². The summed E-state index contributed by atoms with van der Waals surface area (Å²) in [4.78, 5) is 23.2. The van der Waals surface area contributed by atoms with Gasteiger partial charge in [-0.15, -0.1) is 0 Å². The Morgan fingerprint density at radius 3 is 2.90 bits per heavy atom. The van der Waals surface area contributed by atoms with E-state index >= 15 is 0 Å². The summed E-state index contributed by atoms with van der Waals surface area (Å²) in [6.07, 6.45) is 5.07. The Balaban J connectivity index is 1.46. The first-order valence-corrected chi connectivity index (χ1v) is 10.2. The minimum atomic E-state index is -0.0428. The van der Waals surface area contributed by atoms with E-state index < -0.39 is 0 Å². The monoisotopic (exact) mass is 396 g/mol. The SMILES string of the molecule is Cc1ccc(=O)n(CCN2CCCCC2CNc2c(C)c(C)nc3ncnn23)n1. The Hall–Kier alpha value is -2.81. The number of hydrogen-bond donors (Lipinski definition) is 1. The van der Waals surface area contributed by atoms with Gasteiger partial charge in [-0.2, -0.15) is 19.7 Å². The van der Waals surface area contributed by atoms with E-state index in [-0.39, 0.29) is 5.56 Å². The van der Waals surface area contributed by atoms with E-state index in [9.17, 15) is 4.79 Å². The summed E-state index contributed by atoms with van der Waals surface area (Å²) >= 11 is 0. The lowest BCUT2D eigenvalue weighted by molar-refractivity contribution is 0.148. The van der Waals surface area contributed by atoms with Gasteiger partial charge in [0.2, 0.25) is 0 Å². The van der Waals surface area contributed by atoms with Gasteiger partial charge in [0.15, 0.2) is 0 Å². The topological polar surface area (TPSA) is 93.2 Å². The van der Waals surface area contributed by atoms with Gasteiger partial charge in [0, 0.05) is 36.5 Å². The number of hydrogen-bond acceptors (Lipinski definition) is 7. The molecular formula is C20H28N8O. The van der Waals surface area contributed by atoms with Crippen molar-refractivity contribution in [2.24, 2.45) is 0 Å². The average Bonchev–Trinajstić information content (AvgIpc) is 3.17. The second kappa shape index (κ2) is 8.28. The molecule has 1 aliphatic heterocycles. The zero-order chi connectivity index (χ0) is 20.4. The van der Waals surface area contributed by atoms with Crippen molar-refractivity contribution in [2.75, 3.05) is 25.0 Å². The number of aryl methyl sites for hydroxylation is 2. The zero-order valence-electron chi connectivity index (χ0n) is 17.3. The third kappa shape index (κ3) is 4.14. The van der Waals surface area contributed by atoms with Crippen LogP contribution in [0.1, 0.15) is 36.2 Å². The summed E-state index contributed by atoms with van der Waals surface area (Å²) < 4.78 is 3.34. The van der Waals surface area contributed by atoms with E-state index in [0.717, 1.165) is 48.8 Å². The van der Waals surface area contributed by atoms with Crippen LogP contribution in [0, 0.1) is 20.8 Å². The third-order valence-corrected chi connectivity index (χ3v) is 5.76. The first kappa shape index (κ1) is 19.5. The summed E-state index contributed by atoms with van der Waals surface area (Å²) in [7, 11) is 0. The summed E-state index contributed by atoms with van der Waals surface area (Å²) in [5, 5.41) is 12.3. The molecule has 0 radical (unpaired) electrons. The fourth-order valence-electron chi connectivity index (χ4n) is 3.98. The molecule has 0 aliphatic carbocycles. The fourth-order valence-corrected chi connectivity index (χ4v) is 3.98. The minimum absolute atomic E-state index is 0.0428. The highest BCUT2D eigenvalue weighted by molar-refractivity contribution is 5.51. The van der Waals surface area contributed by atoms with Crippen LogP contribution in [0.2, 0.25) is 0 Å². The fraction of sp³-hybridized carbons (Fsp3) is 0.550. The number of likely N-dealkylation sites (tertiary alicyclic amines) is 1. The molecule has 9 nitrogen and oxygen atoms in total. The first-order valence-electron chi connectivity index (χ1n) is 10.2. The Labute approximate surface area is 169 Å². The van der Waals surface area contributed by atoms with Crippen LogP contribution in [0.4, 0.5) is 5.82 Å². The molecule has 1 fully saturated rings. The molecule has 1 aliphatic rings. The quantitative estimate of drug-likeness (QED) is 0.676. The largest absolute Gasteiger partial charge is 0.368 e. The van der Waals surface area contributed by atoms with Crippen LogP contribution < -0.4 is 10.9 Å². The molecule has 3 aromatic rings. The van der Waals surface area contributed by atoms with Gasteiger partial charge in [-0.25, -0.2) is 9.67 Å². The number of aromatic nitrogens is 6.